The van der Waals surface area contributed by atoms with E-state index in [-0.39, 0.29) is 23.6 Å². The molecule has 9 nitrogen and oxygen atoms in total. The minimum absolute atomic E-state index is 0.00803. The number of likely N-dealkylation sites (N-methyl/N-ethyl adjacent to an activating group) is 1. The highest BCUT2D eigenvalue weighted by atomic mass is 16.2. The van der Waals surface area contributed by atoms with Crippen molar-refractivity contribution in [3.8, 4) is 0 Å². The fraction of sp³-hybridized carbons (Fsp3) is 0.625. The zero-order valence-corrected chi connectivity index (χ0v) is 15.6. The topological polar surface area (TPSA) is 90.9 Å². The Kier molecular flexibility index (Phi) is 5.46. The minimum atomic E-state index is -0.454. The van der Waals surface area contributed by atoms with Crippen LogP contribution in [-0.2, 0) is 25.4 Å². The lowest BCUT2D eigenvalue weighted by Crippen LogP contribution is -2.48. The summed E-state index contributed by atoms with van der Waals surface area (Å²) >= 11 is 0. The number of hydrogen-bond acceptors (Lipinski definition) is 4. The summed E-state index contributed by atoms with van der Waals surface area (Å²) < 4.78 is 4.69. The summed E-state index contributed by atoms with van der Waals surface area (Å²) in [6.07, 6.45) is 1.42. The number of amides is 1. The highest BCUT2D eigenvalue weighted by Crippen LogP contribution is 2.05. The van der Waals surface area contributed by atoms with Crippen molar-refractivity contribution in [2.75, 3.05) is 33.2 Å². The van der Waals surface area contributed by atoms with Crippen LogP contribution in [0.2, 0.25) is 0 Å². The van der Waals surface area contributed by atoms with Gasteiger partial charge in [-0.1, -0.05) is 0 Å². The number of fused-ring (bicyclic) bond motifs is 1. The van der Waals surface area contributed by atoms with Crippen molar-refractivity contribution < 1.29 is 9.28 Å². The van der Waals surface area contributed by atoms with E-state index in [4.69, 9.17) is 0 Å². The Bertz CT molecular complexity index is 888. The van der Waals surface area contributed by atoms with Gasteiger partial charge in [-0.3, -0.25) is 18.7 Å². The molecule has 0 aromatic carbocycles. The second-order valence-corrected chi connectivity index (χ2v) is 6.58. The average Bonchev–Trinajstić information content (AvgIpc) is 3.01. The predicted molar refractivity (Wildman–Crippen MR) is 95.4 cm³/mol. The zero-order valence-electron chi connectivity index (χ0n) is 15.6. The summed E-state index contributed by atoms with van der Waals surface area (Å²) in [5.41, 5.74) is -0.363. The van der Waals surface area contributed by atoms with Gasteiger partial charge in [0.25, 0.3) is 5.56 Å². The first-order chi connectivity index (χ1) is 11.7. The first-order valence-corrected chi connectivity index (χ1v) is 8.45. The molecular weight excluding hydrogens is 324 g/mol. The van der Waals surface area contributed by atoms with Gasteiger partial charge in [-0.2, -0.15) is 0 Å². The van der Waals surface area contributed by atoms with Gasteiger partial charge in [-0.25, -0.2) is 9.78 Å². The molecule has 0 saturated carbocycles. The summed E-state index contributed by atoms with van der Waals surface area (Å²) in [7, 11) is 5.12. The molecule has 0 bridgehead atoms. The molecule has 0 fully saturated rings. The average molecular weight is 351 g/mol. The number of imidazole rings is 1. The van der Waals surface area contributed by atoms with Gasteiger partial charge < -0.3 is 14.4 Å². The van der Waals surface area contributed by atoms with Crippen LogP contribution in [0, 0.1) is 0 Å². The summed E-state index contributed by atoms with van der Waals surface area (Å²) in [5, 5.41) is 2.89. The van der Waals surface area contributed by atoms with E-state index < -0.39 is 11.2 Å². The van der Waals surface area contributed by atoms with E-state index in [1.807, 2.05) is 0 Å². The summed E-state index contributed by atoms with van der Waals surface area (Å²) in [6.45, 7) is 7.67. The molecule has 1 amide bonds. The highest BCUT2D eigenvalue weighted by molar-refractivity contribution is 5.78. The van der Waals surface area contributed by atoms with Gasteiger partial charge in [0.15, 0.2) is 11.2 Å². The molecule has 9 heteroatoms. The minimum Gasteiger partial charge on any atom is -0.349 e. The van der Waals surface area contributed by atoms with E-state index in [0.717, 1.165) is 28.7 Å². The second kappa shape index (κ2) is 7.22. The van der Waals surface area contributed by atoms with Gasteiger partial charge in [0.05, 0.1) is 39.6 Å². The Morgan fingerprint density at radius 3 is 2.44 bits per heavy atom. The molecule has 0 aliphatic carbocycles. The molecule has 0 aliphatic heterocycles. The fourth-order valence-electron chi connectivity index (χ4n) is 2.73. The molecule has 0 radical (unpaired) electrons. The van der Waals surface area contributed by atoms with Gasteiger partial charge >= 0.3 is 5.69 Å². The van der Waals surface area contributed by atoms with E-state index in [9.17, 15) is 14.4 Å². The number of aryl methyl sites for hydroxylation is 1. The Morgan fingerprint density at radius 1 is 1.20 bits per heavy atom. The molecule has 2 heterocycles. The van der Waals surface area contributed by atoms with Crippen molar-refractivity contribution in [1.82, 2.24) is 24.0 Å². The van der Waals surface area contributed by atoms with Crippen LogP contribution in [-0.4, -0.2) is 62.3 Å². The lowest BCUT2D eigenvalue weighted by atomic mass is 10.3. The molecule has 0 saturated heterocycles. The third-order valence-corrected chi connectivity index (χ3v) is 5.03. The molecule has 138 valence electrons. The molecule has 0 unspecified atom stereocenters. The Labute approximate surface area is 146 Å². The lowest BCUT2D eigenvalue weighted by Gasteiger charge is -2.32. The van der Waals surface area contributed by atoms with Crippen LogP contribution >= 0.6 is 0 Å². The molecule has 2 rings (SSSR count). The summed E-state index contributed by atoms with van der Waals surface area (Å²) in [6, 6.07) is 0. The fourth-order valence-corrected chi connectivity index (χ4v) is 2.73. The van der Waals surface area contributed by atoms with Gasteiger partial charge in [0.1, 0.15) is 6.54 Å². The van der Waals surface area contributed by atoms with Crippen LogP contribution in [0.15, 0.2) is 15.9 Å². The molecule has 0 atom stereocenters. The highest BCUT2D eigenvalue weighted by Gasteiger charge is 2.18. The smallest absolute Gasteiger partial charge is 0.332 e. The summed E-state index contributed by atoms with van der Waals surface area (Å²) in [4.78, 5) is 40.6. The van der Waals surface area contributed by atoms with Crippen LogP contribution < -0.4 is 16.6 Å². The molecular formula is C16H27N6O3+. The maximum atomic E-state index is 12.3. The SMILES string of the molecule is CC[N+](C)(CC)CCNC(=O)Cn1cnc2c1c(=O)n(C)c(=O)n2C. The van der Waals surface area contributed by atoms with E-state index in [1.165, 1.54) is 22.5 Å². The standard InChI is InChI=1S/C16H26N6O3/c1-6-22(5,7-2)9-8-17-12(23)10-21-11-18-14-13(21)15(24)20(4)16(25)19(14)3/h11H,6-10H2,1-5H3/p+1. The quantitative estimate of drug-likeness (QED) is 0.650. The molecule has 0 aliphatic rings. The maximum absolute atomic E-state index is 12.3. The van der Waals surface area contributed by atoms with Crippen molar-refractivity contribution in [2.24, 2.45) is 14.1 Å². The summed E-state index contributed by atoms with van der Waals surface area (Å²) in [5.74, 6) is -0.186. The van der Waals surface area contributed by atoms with E-state index in [0.29, 0.717) is 6.54 Å². The third-order valence-electron chi connectivity index (χ3n) is 5.03. The normalized spacial score (nSPS) is 11.9. The molecule has 1 N–H and O–H groups in total. The monoisotopic (exact) mass is 351 g/mol. The number of hydrogen-bond donors (Lipinski definition) is 1. The predicted octanol–water partition coefficient (Wildman–Crippen LogP) is -0.964. The van der Waals surface area contributed by atoms with Crippen molar-refractivity contribution >= 4 is 17.1 Å². The lowest BCUT2D eigenvalue weighted by molar-refractivity contribution is -0.904. The van der Waals surface area contributed by atoms with Crippen LogP contribution in [0.4, 0.5) is 0 Å². The molecule has 0 spiro atoms. The Morgan fingerprint density at radius 2 is 1.84 bits per heavy atom. The number of carbonyl (C=O) groups excluding carboxylic acids is 1. The van der Waals surface area contributed by atoms with Crippen LogP contribution in [0.25, 0.3) is 11.2 Å². The molecule has 25 heavy (non-hydrogen) atoms. The Hall–Kier alpha value is -2.42. The number of nitrogens with one attached hydrogen (secondary N) is 1. The number of carbonyl (C=O) groups is 1. The largest absolute Gasteiger partial charge is 0.349 e. The van der Waals surface area contributed by atoms with Crippen LogP contribution in [0.1, 0.15) is 13.8 Å². The van der Waals surface area contributed by atoms with Gasteiger partial charge in [-0.15, -0.1) is 0 Å². The van der Waals surface area contributed by atoms with E-state index in [1.54, 1.807) is 7.05 Å². The van der Waals surface area contributed by atoms with E-state index >= 15 is 0 Å². The van der Waals surface area contributed by atoms with Gasteiger partial charge in [0.2, 0.25) is 5.91 Å². The number of aromatic nitrogens is 4. The first kappa shape index (κ1) is 18.9. The van der Waals surface area contributed by atoms with Crippen molar-refractivity contribution in [2.45, 2.75) is 20.4 Å². The first-order valence-electron chi connectivity index (χ1n) is 8.45. The second-order valence-electron chi connectivity index (χ2n) is 6.58. The number of quaternary nitrogens is 1. The third kappa shape index (κ3) is 3.65. The van der Waals surface area contributed by atoms with Crippen LogP contribution in [0.3, 0.4) is 0 Å². The van der Waals surface area contributed by atoms with E-state index in [2.05, 4.69) is 31.2 Å². The van der Waals surface area contributed by atoms with Crippen molar-refractivity contribution in [3.05, 3.63) is 27.2 Å². The maximum Gasteiger partial charge on any atom is 0.332 e. The molecule has 2 aromatic rings. The molecule has 2 aromatic heterocycles. The van der Waals surface area contributed by atoms with Crippen LogP contribution in [0.5, 0.6) is 0 Å². The number of nitrogens with zero attached hydrogens (tertiary/aromatic N) is 5. The number of rotatable bonds is 7. The van der Waals surface area contributed by atoms with Crippen molar-refractivity contribution in [1.29, 1.82) is 0 Å². The van der Waals surface area contributed by atoms with Crippen molar-refractivity contribution in [3.63, 3.8) is 0 Å². The Balaban J connectivity index is 2.15. The van der Waals surface area contributed by atoms with Gasteiger partial charge in [-0.05, 0) is 13.8 Å². The zero-order chi connectivity index (χ0) is 18.8. The van der Waals surface area contributed by atoms with Gasteiger partial charge in [0, 0.05) is 14.1 Å².